The quantitative estimate of drug-likeness (QED) is 0.902. The largest absolute Gasteiger partial charge is 0.393 e. The predicted octanol–water partition coefficient (Wildman–Crippen LogP) is 1.26. The first-order valence-corrected chi connectivity index (χ1v) is 7.35. The Labute approximate surface area is 119 Å². The van der Waals surface area contributed by atoms with Crippen molar-refractivity contribution < 1.29 is 14.6 Å². The normalized spacial score (nSPS) is 28.9. The monoisotopic (exact) mass is 278 g/mol. The maximum atomic E-state index is 12.8. The first-order valence-electron chi connectivity index (χ1n) is 7.35. The number of carbonyl (C=O) groups is 1. The van der Waals surface area contributed by atoms with E-state index < -0.39 is 0 Å². The van der Waals surface area contributed by atoms with Gasteiger partial charge in [0.15, 0.2) is 0 Å². The van der Waals surface area contributed by atoms with Crippen LogP contribution in [0.5, 0.6) is 0 Å². The zero-order chi connectivity index (χ0) is 14.1. The lowest BCUT2D eigenvalue weighted by Crippen LogP contribution is -2.48. The summed E-state index contributed by atoms with van der Waals surface area (Å²) < 4.78 is 7.04. The minimum absolute atomic E-state index is 0.102. The minimum atomic E-state index is -0.239. The number of aliphatic hydroxyl groups excluding tert-OH is 1. The second-order valence-corrected chi connectivity index (χ2v) is 5.80. The van der Waals surface area contributed by atoms with Crippen LogP contribution in [0.3, 0.4) is 0 Å². The van der Waals surface area contributed by atoms with Crippen molar-refractivity contribution in [1.82, 2.24) is 9.47 Å². The second-order valence-electron chi connectivity index (χ2n) is 5.80. The Kier molecular flexibility index (Phi) is 3.81. The van der Waals surface area contributed by atoms with Crippen LogP contribution in [0.1, 0.15) is 36.2 Å². The molecule has 1 amide bonds. The molecule has 5 nitrogen and oxygen atoms in total. The van der Waals surface area contributed by atoms with Gasteiger partial charge in [-0.2, -0.15) is 0 Å². The number of nitrogens with zero attached hydrogens (tertiary/aromatic N) is 2. The zero-order valence-electron chi connectivity index (χ0n) is 11.9. The van der Waals surface area contributed by atoms with Crippen molar-refractivity contribution in [3.05, 3.63) is 24.0 Å². The fraction of sp³-hybridized carbons (Fsp3) is 0.667. The van der Waals surface area contributed by atoms with Crippen molar-refractivity contribution in [3.63, 3.8) is 0 Å². The predicted molar refractivity (Wildman–Crippen MR) is 74.5 cm³/mol. The molecular formula is C15H22N2O3. The van der Waals surface area contributed by atoms with E-state index >= 15 is 0 Å². The Balaban J connectivity index is 1.78. The van der Waals surface area contributed by atoms with Crippen molar-refractivity contribution in [2.24, 2.45) is 0 Å². The van der Waals surface area contributed by atoms with Crippen LogP contribution in [0.2, 0.25) is 0 Å². The summed E-state index contributed by atoms with van der Waals surface area (Å²) in [5.41, 5.74) is 0.732. The topological polar surface area (TPSA) is 54.7 Å². The van der Waals surface area contributed by atoms with Crippen molar-refractivity contribution >= 4 is 5.91 Å². The molecule has 1 aromatic heterocycles. The molecule has 3 rings (SSSR count). The molecule has 1 N–H and O–H groups in total. The highest BCUT2D eigenvalue weighted by Crippen LogP contribution is 2.36. The molecule has 110 valence electrons. The number of piperidine rings is 1. The van der Waals surface area contributed by atoms with Gasteiger partial charge >= 0.3 is 0 Å². The minimum Gasteiger partial charge on any atom is -0.393 e. The molecule has 3 heterocycles. The molecule has 0 aromatic carbocycles. The average Bonchev–Trinajstić information content (AvgIpc) is 2.99. The second kappa shape index (κ2) is 5.58. The summed E-state index contributed by atoms with van der Waals surface area (Å²) in [7, 11) is 1.66. The smallest absolute Gasteiger partial charge is 0.270 e. The van der Waals surface area contributed by atoms with Gasteiger partial charge in [-0.1, -0.05) is 0 Å². The maximum absolute atomic E-state index is 12.8. The van der Waals surface area contributed by atoms with Gasteiger partial charge in [0.2, 0.25) is 0 Å². The van der Waals surface area contributed by atoms with E-state index in [1.54, 1.807) is 7.11 Å². The third kappa shape index (κ3) is 2.36. The van der Waals surface area contributed by atoms with Crippen LogP contribution >= 0.6 is 0 Å². The Bertz CT molecular complexity index is 471. The summed E-state index contributed by atoms with van der Waals surface area (Å²) in [6, 6.07) is 4.20. The average molecular weight is 278 g/mol. The SMILES string of the molecule is COCCn1cccc1C(=O)N1C2CCC1CC(O)C2. The number of fused-ring (bicyclic) bond motifs is 2. The molecule has 0 aliphatic carbocycles. The van der Waals surface area contributed by atoms with Crippen LogP contribution in [0.25, 0.3) is 0 Å². The lowest BCUT2D eigenvalue weighted by Gasteiger charge is -2.37. The number of hydrogen-bond donors (Lipinski definition) is 1. The van der Waals surface area contributed by atoms with Gasteiger partial charge in [0.1, 0.15) is 5.69 Å². The number of amides is 1. The van der Waals surface area contributed by atoms with Crippen LogP contribution in [0, 0.1) is 0 Å². The van der Waals surface area contributed by atoms with Gasteiger partial charge in [-0.05, 0) is 37.8 Å². The van der Waals surface area contributed by atoms with E-state index in [9.17, 15) is 9.90 Å². The summed E-state index contributed by atoms with van der Waals surface area (Å²) >= 11 is 0. The molecule has 5 heteroatoms. The first kappa shape index (κ1) is 13.6. The van der Waals surface area contributed by atoms with E-state index in [4.69, 9.17) is 4.74 Å². The molecule has 2 saturated heterocycles. The fourth-order valence-corrected chi connectivity index (χ4v) is 3.61. The number of carbonyl (C=O) groups excluding carboxylic acids is 1. The van der Waals surface area contributed by atoms with E-state index in [0.717, 1.165) is 31.4 Å². The van der Waals surface area contributed by atoms with Crippen LogP contribution in [0.4, 0.5) is 0 Å². The van der Waals surface area contributed by atoms with Crippen LogP contribution in [-0.4, -0.2) is 52.4 Å². The molecular weight excluding hydrogens is 256 g/mol. The number of ether oxygens (including phenoxy) is 1. The van der Waals surface area contributed by atoms with Crippen molar-refractivity contribution in [3.8, 4) is 0 Å². The van der Waals surface area contributed by atoms with E-state index in [1.807, 2.05) is 27.8 Å². The van der Waals surface area contributed by atoms with Crippen LogP contribution < -0.4 is 0 Å². The number of methoxy groups -OCH3 is 1. The van der Waals surface area contributed by atoms with Crippen molar-refractivity contribution in [1.29, 1.82) is 0 Å². The number of aliphatic hydroxyl groups is 1. The maximum Gasteiger partial charge on any atom is 0.270 e. The first-order chi connectivity index (χ1) is 9.70. The summed E-state index contributed by atoms with van der Waals surface area (Å²) in [5.74, 6) is 0.102. The number of aromatic nitrogens is 1. The molecule has 2 aliphatic rings. The highest BCUT2D eigenvalue weighted by atomic mass is 16.5. The van der Waals surface area contributed by atoms with Crippen molar-refractivity contribution in [2.45, 2.75) is 50.4 Å². The van der Waals surface area contributed by atoms with Crippen LogP contribution in [-0.2, 0) is 11.3 Å². The van der Waals surface area contributed by atoms with E-state index in [2.05, 4.69) is 0 Å². The molecule has 1 aromatic rings. The molecule has 2 atom stereocenters. The van der Waals surface area contributed by atoms with Gasteiger partial charge in [0.25, 0.3) is 5.91 Å². The lowest BCUT2D eigenvalue weighted by atomic mass is 9.99. The Morgan fingerprint density at radius 2 is 2.10 bits per heavy atom. The molecule has 2 unspecified atom stereocenters. The molecule has 0 saturated carbocycles. The standard InChI is InChI=1S/C15H22N2O3/c1-20-8-7-16-6-2-3-14(16)15(19)17-11-4-5-12(17)10-13(18)9-11/h2-3,6,11-13,18H,4-5,7-10H2,1H3. The molecule has 0 radical (unpaired) electrons. The number of rotatable bonds is 4. The molecule has 2 bridgehead atoms. The lowest BCUT2D eigenvalue weighted by molar-refractivity contribution is 0.0278. The summed E-state index contributed by atoms with van der Waals surface area (Å²) in [6.45, 7) is 1.29. The molecule has 2 aliphatic heterocycles. The van der Waals surface area contributed by atoms with Crippen LogP contribution in [0.15, 0.2) is 18.3 Å². The Hall–Kier alpha value is -1.33. The van der Waals surface area contributed by atoms with Gasteiger partial charge < -0.3 is 19.3 Å². The zero-order valence-corrected chi connectivity index (χ0v) is 11.9. The summed E-state index contributed by atoms with van der Waals surface area (Å²) in [6.07, 6.45) is 5.17. The third-order valence-corrected chi connectivity index (χ3v) is 4.53. The van der Waals surface area contributed by atoms with Crippen molar-refractivity contribution in [2.75, 3.05) is 13.7 Å². The van der Waals surface area contributed by atoms with Gasteiger partial charge in [-0.3, -0.25) is 4.79 Å². The van der Waals surface area contributed by atoms with Gasteiger partial charge in [-0.15, -0.1) is 0 Å². The van der Waals surface area contributed by atoms with E-state index in [-0.39, 0.29) is 24.1 Å². The fourth-order valence-electron chi connectivity index (χ4n) is 3.61. The van der Waals surface area contributed by atoms with Gasteiger partial charge in [-0.25, -0.2) is 0 Å². The highest BCUT2D eigenvalue weighted by Gasteiger charge is 2.43. The molecule has 20 heavy (non-hydrogen) atoms. The third-order valence-electron chi connectivity index (χ3n) is 4.53. The summed E-state index contributed by atoms with van der Waals surface area (Å²) in [5, 5.41) is 9.83. The van der Waals surface area contributed by atoms with Gasteiger partial charge in [0, 0.05) is 31.9 Å². The van der Waals surface area contributed by atoms with E-state index in [1.165, 1.54) is 0 Å². The molecule has 0 spiro atoms. The highest BCUT2D eigenvalue weighted by molar-refractivity contribution is 5.93. The molecule has 2 fully saturated rings. The Morgan fingerprint density at radius 1 is 1.40 bits per heavy atom. The Morgan fingerprint density at radius 3 is 2.75 bits per heavy atom. The number of hydrogen-bond acceptors (Lipinski definition) is 3. The van der Waals surface area contributed by atoms with Gasteiger partial charge in [0.05, 0.1) is 12.7 Å². The summed E-state index contributed by atoms with van der Waals surface area (Å²) in [4.78, 5) is 14.8. The van der Waals surface area contributed by atoms with E-state index in [0.29, 0.717) is 13.2 Å².